The van der Waals surface area contributed by atoms with E-state index in [0.29, 0.717) is 0 Å². The maximum Gasteiger partial charge on any atom is 0.203 e. The smallest absolute Gasteiger partial charge is 0.203 e. The van der Waals surface area contributed by atoms with E-state index in [1.54, 1.807) is 5.01 Å². The highest BCUT2D eigenvalue weighted by atomic mass is 79.9. The quantitative estimate of drug-likeness (QED) is 0.823. The summed E-state index contributed by atoms with van der Waals surface area (Å²) < 4.78 is 0.963. The summed E-state index contributed by atoms with van der Waals surface area (Å²) in [5.41, 5.74) is 1.80. The Kier molecular flexibility index (Phi) is 4.03. The van der Waals surface area contributed by atoms with Gasteiger partial charge in [0.2, 0.25) is 5.71 Å². The van der Waals surface area contributed by atoms with E-state index in [9.17, 15) is 4.79 Å². The Bertz CT molecular complexity index is 763. The molecule has 0 aromatic heterocycles. The van der Waals surface area contributed by atoms with Crippen LogP contribution in [0.5, 0.6) is 0 Å². The number of hydrogen-bond acceptors (Lipinski definition) is 4. The van der Waals surface area contributed by atoms with Gasteiger partial charge in [-0.05, 0) is 29.8 Å². The zero-order valence-electron chi connectivity index (χ0n) is 11.6. The summed E-state index contributed by atoms with van der Waals surface area (Å²) in [6.45, 7) is 0. The lowest BCUT2D eigenvalue weighted by atomic mass is 9.97. The van der Waals surface area contributed by atoms with Crippen molar-refractivity contribution in [3.8, 4) is 6.07 Å². The Hall–Kier alpha value is -2.45. The Morgan fingerprint density at radius 3 is 2.45 bits per heavy atom. The number of halogens is 1. The zero-order valence-corrected chi connectivity index (χ0v) is 13.2. The van der Waals surface area contributed by atoms with Crippen LogP contribution in [0.25, 0.3) is 0 Å². The second kappa shape index (κ2) is 6.12. The second-order valence-corrected chi connectivity index (χ2v) is 5.85. The van der Waals surface area contributed by atoms with Gasteiger partial charge in [0.1, 0.15) is 6.07 Å². The molecule has 0 saturated carbocycles. The SMILES string of the molecule is N#CC1=NN(c2ccc(Br)cc2)[C@H](c2ccccc2)CC1=O. The molecule has 0 amide bonds. The summed E-state index contributed by atoms with van der Waals surface area (Å²) in [5.74, 6) is -0.218. The van der Waals surface area contributed by atoms with Crippen LogP contribution in [-0.4, -0.2) is 11.5 Å². The average Bonchev–Trinajstić information content (AvgIpc) is 2.56. The van der Waals surface area contributed by atoms with E-state index in [-0.39, 0.29) is 24.0 Å². The number of carbonyl (C=O) groups is 1. The van der Waals surface area contributed by atoms with E-state index in [1.807, 2.05) is 60.7 Å². The molecule has 0 spiro atoms. The minimum atomic E-state index is -0.218. The van der Waals surface area contributed by atoms with Crippen LogP contribution in [0.1, 0.15) is 18.0 Å². The summed E-state index contributed by atoms with van der Waals surface area (Å²) in [6.07, 6.45) is 0.243. The summed E-state index contributed by atoms with van der Waals surface area (Å²) in [7, 11) is 0. The lowest BCUT2D eigenvalue weighted by molar-refractivity contribution is -0.113. The van der Waals surface area contributed by atoms with Crippen molar-refractivity contribution in [2.75, 3.05) is 5.01 Å². The Balaban J connectivity index is 2.07. The standard InChI is InChI=1S/C17H12BrN3O/c18-13-6-8-14(9-7-13)21-16(12-4-2-1-3-5-12)10-17(22)15(11-19)20-21/h1-9,16H,10H2/t16-/m0/s1. The van der Waals surface area contributed by atoms with Gasteiger partial charge in [-0.1, -0.05) is 46.3 Å². The number of Topliss-reactive ketones (excluding diaryl/α,β-unsaturated/α-hetero) is 1. The minimum Gasteiger partial charge on any atom is -0.291 e. The maximum atomic E-state index is 12.1. The minimum absolute atomic E-state index is 0.0462. The van der Waals surface area contributed by atoms with Crippen LogP contribution in [0.4, 0.5) is 5.69 Å². The monoisotopic (exact) mass is 353 g/mol. The largest absolute Gasteiger partial charge is 0.291 e. The van der Waals surface area contributed by atoms with Crippen LogP contribution in [0, 0.1) is 11.3 Å². The Labute approximate surface area is 136 Å². The van der Waals surface area contributed by atoms with E-state index in [1.165, 1.54) is 0 Å². The van der Waals surface area contributed by atoms with Crippen molar-refractivity contribution < 1.29 is 4.79 Å². The molecule has 1 atom stereocenters. The predicted octanol–water partition coefficient (Wildman–Crippen LogP) is 3.85. The molecule has 0 fully saturated rings. The highest BCUT2D eigenvalue weighted by Crippen LogP contribution is 2.33. The van der Waals surface area contributed by atoms with Gasteiger partial charge in [0.15, 0.2) is 5.78 Å². The van der Waals surface area contributed by atoms with Gasteiger partial charge >= 0.3 is 0 Å². The number of ketones is 1. The van der Waals surface area contributed by atoms with E-state index in [0.717, 1.165) is 15.7 Å². The summed E-state index contributed by atoms with van der Waals surface area (Å²) in [6, 6.07) is 19.1. The van der Waals surface area contributed by atoms with Crippen LogP contribution >= 0.6 is 15.9 Å². The number of hydrazone groups is 1. The molecule has 1 heterocycles. The first-order valence-corrected chi connectivity index (χ1v) is 7.60. The van der Waals surface area contributed by atoms with Gasteiger partial charge < -0.3 is 0 Å². The molecule has 2 aromatic carbocycles. The van der Waals surface area contributed by atoms with Crippen molar-refractivity contribution in [1.29, 1.82) is 5.26 Å². The van der Waals surface area contributed by atoms with E-state index >= 15 is 0 Å². The third kappa shape index (κ3) is 2.78. The van der Waals surface area contributed by atoms with Crippen LogP contribution < -0.4 is 5.01 Å². The van der Waals surface area contributed by atoms with Gasteiger partial charge in [0.05, 0.1) is 11.7 Å². The number of anilines is 1. The molecular weight excluding hydrogens is 342 g/mol. The topological polar surface area (TPSA) is 56.5 Å². The second-order valence-electron chi connectivity index (χ2n) is 4.94. The van der Waals surface area contributed by atoms with Crippen molar-refractivity contribution >= 4 is 33.1 Å². The molecule has 1 aliphatic rings. The number of nitrogens with zero attached hydrogens (tertiary/aromatic N) is 3. The van der Waals surface area contributed by atoms with Gasteiger partial charge in [0.25, 0.3) is 0 Å². The van der Waals surface area contributed by atoms with Crippen molar-refractivity contribution in [3.63, 3.8) is 0 Å². The molecule has 4 nitrogen and oxygen atoms in total. The summed E-state index contributed by atoms with van der Waals surface area (Å²) in [4.78, 5) is 12.1. The molecule has 0 unspecified atom stereocenters. The van der Waals surface area contributed by atoms with E-state index in [4.69, 9.17) is 5.26 Å². The van der Waals surface area contributed by atoms with Crippen molar-refractivity contribution in [2.45, 2.75) is 12.5 Å². The lowest BCUT2D eigenvalue weighted by Crippen LogP contribution is -2.34. The summed E-state index contributed by atoms with van der Waals surface area (Å²) in [5, 5.41) is 15.1. The Morgan fingerprint density at radius 1 is 1.14 bits per heavy atom. The third-order valence-electron chi connectivity index (χ3n) is 3.53. The number of hydrogen-bond donors (Lipinski definition) is 0. The van der Waals surface area contributed by atoms with Gasteiger partial charge in [-0.2, -0.15) is 10.4 Å². The van der Waals surface area contributed by atoms with Crippen molar-refractivity contribution in [3.05, 3.63) is 64.6 Å². The predicted molar refractivity (Wildman–Crippen MR) is 88.5 cm³/mol. The van der Waals surface area contributed by atoms with Gasteiger partial charge in [-0.3, -0.25) is 9.80 Å². The average molecular weight is 354 g/mol. The fraction of sp³-hybridized carbons (Fsp3) is 0.118. The van der Waals surface area contributed by atoms with Crippen LogP contribution in [-0.2, 0) is 4.79 Å². The number of benzene rings is 2. The normalized spacial score (nSPS) is 17.8. The molecule has 3 rings (SSSR count). The molecule has 5 heteroatoms. The molecule has 0 saturated heterocycles. The lowest BCUT2D eigenvalue weighted by Gasteiger charge is -2.32. The van der Waals surface area contributed by atoms with Crippen LogP contribution in [0.3, 0.4) is 0 Å². The molecular formula is C17H12BrN3O. The van der Waals surface area contributed by atoms with E-state index < -0.39 is 0 Å². The molecule has 0 aliphatic carbocycles. The first-order chi connectivity index (χ1) is 10.7. The van der Waals surface area contributed by atoms with Crippen molar-refractivity contribution in [2.24, 2.45) is 5.10 Å². The number of rotatable bonds is 2. The van der Waals surface area contributed by atoms with Crippen LogP contribution in [0.2, 0.25) is 0 Å². The highest BCUT2D eigenvalue weighted by Gasteiger charge is 2.31. The Morgan fingerprint density at radius 2 is 1.82 bits per heavy atom. The zero-order chi connectivity index (χ0) is 15.5. The molecule has 108 valence electrons. The van der Waals surface area contributed by atoms with Gasteiger partial charge in [-0.15, -0.1) is 0 Å². The molecule has 0 radical (unpaired) electrons. The number of nitriles is 1. The molecule has 2 aromatic rings. The van der Waals surface area contributed by atoms with E-state index in [2.05, 4.69) is 21.0 Å². The molecule has 0 N–H and O–H groups in total. The summed E-state index contributed by atoms with van der Waals surface area (Å²) >= 11 is 3.40. The maximum absolute atomic E-state index is 12.1. The first kappa shape index (κ1) is 14.5. The molecule has 22 heavy (non-hydrogen) atoms. The van der Waals surface area contributed by atoms with Gasteiger partial charge in [0, 0.05) is 10.9 Å². The van der Waals surface area contributed by atoms with Gasteiger partial charge in [-0.25, -0.2) is 0 Å². The molecule has 1 aliphatic heterocycles. The molecule has 0 bridgehead atoms. The van der Waals surface area contributed by atoms with Crippen LogP contribution in [0.15, 0.2) is 64.2 Å². The highest BCUT2D eigenvalue weighted by molar-refractivity contribution is 9.10. The number of carbonyl (C=O) groups excluding carboxylic acids is 1. The fourth-order valence-electron chi connectivity index (χ4n) is 2.44. The third-order valence-corrected chi connectivity index (χ3v) is 4.06. The fourth-order valence-corrected chi connectivity index (χ4v) is 2.71. The first-order valence-electron chi connectivity index (χ1n) is 6.80. The van der Waals surface area contributed by atoms with Crippen molar-refractivity contribution in [1.82, 2.24) is 0 Å².